The molecule has 2 nitrogen and oxygen atoms in total. The third kappa shape index (κ3) is 6.47. The molecule has 1 aromatic carbocycles. The number of halogens is 2. The van der Waals surface area contributed by atoms with Crippen molar-refractivity contribution < 1.29 is 4.39 Å². The van der Waals surface area contributed by atoms with Crippen molar-refractivity contribution in [3.05, 3.63) is 34.1 Å². The van der Waals surface area contributed by atoms with Gasteiger partial charge in [-0.3, -0.25) is 0 Å². The number of rotatable bonds is 7. The van der Waals surface area contributed by atoms with E-state index in [0.29, 0.717) is 6.42 Å². The fourth-order valence-corrected chi connectivity index (χ4v) is 2.16. The zero-order valence-corrected chi connectivity index (χ0v) is 12.7. The Morgan fingerprint density at radius 2 is 2.06 bits per heavy atom. The van der Waals surface area contributed by atoms with Gasteiger partial charge in [0.05, 0.1) is 0 Å². The molecule has 0 atom stereocenters. The molecule has 0 fully saturated rings. The van der Waals surface area contributed by atoms with Crippen molar-refractivity contribution in [3.63, 3.8) is 0 Å². The molecule has 0 spiro atoms. The first-order chi connectivity index (χ1) is 8.38. The van der Waals surface area contributed by atoms with Crippen molar-refractivity contribution in [3.8, 4) is 0 Å². The van der Waals surface area contributed by atoms with Gasteiger partial charge in [-0.05, 0) is 70.0 Å². The lowest BCUT2D eigenvalue weighted by atomic mass is 10.0. The molecule has 1 aromatic rings. The SMILES string of the molecule is CC(C)(N)CCCNCCc1cc(Br)ccc1F. The minimum absolute atomic E-state index is 0.0991. The van der Waals surface area contributed by atoms with E-state index in [0.717, 1.165) is 36.0 Å². The standard InChI is InChI=1S/C14H22BrFN2/c1-14(2,17)7-3-8-18-9-6-11-10-12(15)4-5-13(11)16/h4-5,10,18H,3,6-9,17H2,1-2H3. The highest BCUT2D eigenvalue weighted by Crippen LogP contribution is 2.15. The van der Waals surface area contributed by atoms with Crippen LogP contribution in [-0.4, -0.2) is 18.6 Å². The molecule has 4 heteroatoms. The van der Waals surface area contributed by atoms with E-state index in [9.17, 15) is 4.39 Å². The molecule has 0 aliphatic heterocycles. The summed E-state index contributed by atoms with van der Waals surface area (Å²) in [7, 11) is 0. The fraction of sp³-hybridized carbons (Fsp3) is 0.571. The Morgan fingerprint density at radius 1 is 1.33 bits per heavy atom. The Morgan fingerprint density at radius 3 is 2.72 bits per heavy atom. The summed E-state index contributed by atoms with van der Waals surface area (Å²) in [5, 5.41) is 3.32. The lowest BCUT2D eigenvalue weighted by molar-refractivity contribution is 0.449. The molecule has 0 saturated heterocycles. The first kappa shape index (κ1) is 15.6. The topological polar surface area (TPSA) is 38.0 Å². The molecule has 102 valence electrons. The summed E-state index contributed by atoms with van der Waals surface area (Å²) in [5.74, 6) is -0.136. The molecular weight excluding hydrogens is 295 g/mol. The van der Waals surface area contributed by atoms with Crippen LogP contribution in [0, 0.1) is 5.82 Å². The smallest absolute Gasteiger partial charge is 0.126 e. The van der Waals surface area contributed by atoms with E-state index in [2.05, 4.69) is 21.2 Å². The maximum atomic E-state index is 13.4. The van der Waals surface area contributed by atoms with Crippen LogP contribution in [0.25, 0.3) is 0 Å². The Labute approximate surface area is 117 Å². The zero-order valence-electron chi connectivity index (χ0n) is 11.1. The molecule has 0 aliphatic rings. The molecule has 1 rings (SSSR count). The van der Waals surface area contributed by atoms with E-state index in [1.165, 1.54) is 6.07 Å². The molecular formula is C14H22BrFN2. The number of hydrogen-bond donors (Lipinski definition) is 2. The number of hydrogen-bond acceptors (Lipinski definition) is 2. The van der Waals surface area contributed by atoms with Crippen LogP contribution in [0.2, 0.25) is 0 Å². The van der Waals surface area contributed by atoms with Crippen LogP contribution < -0.4 is 11.1 Å². The summed E-state index contributed by atoms with van der Waals surface area (Å²) >= 11 is 3.35. The van der Waals surface area contributed by atoms with Gasteiger partial charge in [0, 0.05) is 10.0 Å². The average molecular weight is 317 g/mol. The van der Waals surface area contributed by atoms with Gasteiger partial charge in [-0.2, -0.15) is 0 Å². The molecule has 0 aromatic heterocycles. The van der Waals surface area contributed by atoms with Gasteiger partial charge in [0.1, 0.15) is 5.82 Å². The van der Waals surface area contributed by atoms with Crippen molar-refractivity contribution >= 4 is 15.9 Å². The Bertz CT molecular complexity index is 375. The van der Waals surface area contributed by atoms with Gasteiger partial charge in [-0.15, -0.1) is 0 Å². The quantitative estimate of drug-likeness (QED) is 0.758. The molecule has 0 heterocycles. The summed E-state index contributed by atoms with van der Waals surface area (Å²) in [6.07, 6.45) is 2.74. The van der Waals surface area contributed by atoms with Crippen molar-refractivity contribution in [1.82, 2.24) is 5.32 Å². The molecule has 0 aliphatic carbocycles. The first-order valence-corrected chi connectivity index (χ1v) is 7.11. The van der Waals surface area contributed by atoms with E-state index in [1.807, 2.05) is 19.9 Å². The highest BCUT2D eigenvalue weighted by molar-refractivity contribution is 9.10. The second-order valence-electron chi connectivity index (χ2n) is 5.33. The highest BCUT2D eigenvalue weighted by Gasteiger charge is 2.09. The van der Waals surface area contributed by atoms with E-state index in [-0.39, 0.29) is 11.4 Å². The molecule has 0 unspecified atom stereocenters. The lowest BCUT2D eigenvalue weighted by Gasteiger charge is -2.18. The molecule has 0 saturated carbocycles. The van der Waals surface area contributed by atoms with Gasteiger partial charge in [0.25, 0.3) is 0 Å². The van der Waals surface area contributed by atoms with Crippen molar-refractivity contribution in [2.24, 2.45) is 5.73 Å². The molecule has 0 bridgehead atoms. The molecule has 3 N–H and O–H groups in total. The van der Waals surface area contributed by atoms with Crippen LogP contribution in [0.5, 0.6) is 0 Å². The summed E-state index contributed by atoms with van der Waals surface area (Å²) < 4.78 is 14.4. The van der Waals surface area contributed by atoms with Gasteiger partial charge in [-0.25, -0.2) is 4.39 Å². The summed E-state index contributed by atoms with van der Waals surface area (Å²) in [6.45, 7) is 5.78. The van der Waals surface area contributed by atoms with E-state index in [4.69, 9.17) is 5.73 Å². The second kappa shape index (κ2) is 7.22. The van der Waals surface area contributed by atoms with Crippen LogP contribution in [0.3, 0.4) is 0 Å². The maximum Gasteiger partial charge on any atom is 0.126 e. The van der Waals surface area contributed by atoms with E-state index < -0.39 is 0 Å². The van der Waals surface area contributed by atoms with Crippen LogP contribution in [0.4, 0.5) is 4.39 Å². The minimum atomic E-state index is -0.136. The van der Waals surface area contributed by atoms with Crippen LogP contribution >= 0.6 is 15.9 Å². The van der Waals surface area contributed by atoms with Crippen LogP contribution in [0.15, 0.2) is 22.7 Å². The zero-order chi connectivity index (χ0) is 13.6. The maximum absolute atomic E-state index is 13.4. The molecule has 0 amide bonds. The monoisotopic (exact) mass is 316 g/mol. The van der Waals surface area contributed by atoms with Crippen LogP contribution in [-0.2, 0) is 6.42 Å². The van der Waals surface area contributed by atoms with Crippen molar-refractivity contribution in [2.45, 2.75) is 38.6 Å². The highest BCUT2D eigenvalue weighted by atomic mass is 79.9. The fourth-order valence-electron chi connectivity index (χ4n) is 1.75. The normalized spacial score (nSPS) is 11.8. The van der Waals surface area contributed by atoms with E-state index >= 15 is 0 Å². The lowest BCUT2D eigenvalue weighted by Crippen LogP contribution is -2.33. The summed E-state index contributed by atoms with van der Waals surface area (Å²) in [6, 6.07) is 5.05. The number of nitrogens with one attached hydrogen (secondary N) is 1. The summed E-state index contributed by atoms with van der Waals surface area (Å²) in [5.41, 5.74) is 6.54. The predicted octanol–water partition coefficient (Wildman–Crippen LogP) is 3.24. The van der Waals surface area contributed by atoms with Gasteiger partial charge < -0.3 is 11.1 Å². The van der Waals surface area contributed by atoms with Crippen molar-refractivity contribution in [1.29, 1.82) is 0 Å². The van der Waals surface area contributed by atoms with Crippen molar-refractivity contribution in [2.75, 3.05) is 13.1 Å². The van der Waals surface area contributed by atoms with Crippen LogP contribution in [0.1, 0.15) is 32.3 Å². The Kier molecular flexibility index (Phi) is 6.26. The largest absolute Gasteiger partial charge is 0.326 e. The Balaban J connectivity index is 2.20. The van der Waals surface area contributed by atoms with E-state index in [1.54, 1.807) is 6.07 Å². The molecule has 18 heavy (non-hydrogen) atoms. The molecule has 0 radical (unpaired) electrons. The van der Waals surface area contributed by atoms with Gasteiger partial charge >= 0.3 is 0 Å². The minimum Gasteiger partial charge on any atom is -0.326 e. The second-order valence-corrected chi connectivity index (χ2v) is 6.24. The number of benzene rings is 1. The average Bonchev–Trinajstić information content (AvgIpc) is 2.26. The first-order valence-electron chi connectivity index (χ1n) is 6.32. The Hall–Kier alpha value is -0.450. The summed E-state index contributed by atoms with van der Waals surface area (Å²) in [4.78, 5) is 0. The van der Waals surface area contributed by atoms with Gasteiger partial charge in [0.2, 0.25) is 0 Å². The number of nitrogens with two attached hydrogens (primary N) is 1. The van der Waals surface area contributed by atoms with Gasteiger partial charge in [0.15, 0.2) is 0 Å². The third-order valence-corrected chi connectivity index (χ3v) is 3.25. The van der Waals surface area contributed by atoms with Gasteiger partial charge in [-0.1, -0.05) is 15.9 Å². The third-order valence-electron chi connectivity index (χ3n) is 2.75. The predicted molar refractivity (Wildman–Crippen MR) is 78.2 cm³/mol.